The Bertz CT molecular complexity index is 1080. The maximum atomic E-state index is 13.4. The zero-order valence-electron chi connectivity index (χ0n) is 18.8. The molecule has 0 amide bonds. The number of aromatic nitrogens is 2. The normalized spacial score (nSPS) is 19.1. The van der Waals surface area contributed by atoms with Crippen molar-refractivity contribution >= 4 is 22.3 Å². The summed E-state index contributed by atoms with van der Waals surface area (Å²) in [5.41, 5.74) is 4.94. The number of nitrogens with zero attached hydrogens (tertiary/aromatic N) is 2. The molecule has 2 aromatic heterocycles. The molecule has 1 atom stereocenters. The van der Waals surface area contributed by atoms with E-state index in [1.807, 2.05) is 30.6 Å². The molecule has 3 heterocycles. The minimum absolute atomic E-state index is 0.0719. The maximum absolute atomic E-state index is 13.4. The molecule has 1 aromatic carbocycles. The van der Waals surface area contributed by atoms with Crippen molar-refractivity contribution < 1.29 is 4.79 Å². The lowest BCUT2D eigenvalue weighted by atomic mass is 9.79. The molecular weight excluding hydrogens is 394 g/mol. The van der Waals surface area contributed by atoms with Gasteiger partial charge in [0.15, 0.2) is 0 Å². The standard InChI is InChI=1S/C28H33N3O/c32-28(23-7-2-1-3-8-23)25(26-11-4-5-16-29-26)15-20-31-18-13-21(14-19-31)24-10-6-9-22-12-17-30-27(22)24/h4-6,9-13,16-17,23,25,30H,1-3,7-8,14-15,18-20H2. The Morgan fingerprint density at radius 2 is 2.00 bits per heavy atom. The van der Waals surface area contributed by atoms with Crippen LogP contribution in [0.15, 0.2) is 60.9 Å². The van der Waals surface area contributed by atoms with Gasteiger partial charge in [-0.25, -0.2) is 0 Å². The maximum Gasteiger partial charge on any atom is 0.145 e. The second-order valence-corrected chi connectivity index (χ2v) is 9.36. The summed E-state index contributed by atoms with van der Waals surface area (Å²) in [6, 6.07) is 14.7. The number of ketones is 1. The molecule has 166 valence electrons. The topological polar surface area (TPSA) is 49.0 Å². The summed E-state index contributed by atoms with van der Waals surface area (Å²) in [4.78, 5) is 23.9. The van der Waals surface area contributed by atoms with E-state index in [0.717, 1.165) is 51.0 Å². The van der Waals surface area contributed by atoms with E-state index in [1.165, 1.54) is 41.3 Å². The molecule has 3 aromatic rings. The predicted molar refractivity (Wildman–Crippen MR) is 131 cm³/mol. The van der Waals surface area contributed by atoms with E-state index >= 15 is 0 Å². The van der Waals surface area contributed by atoms with E-state index in [9.17, 15) is 4.79 Å². The number of Topliss-reactive ketones (excluding diaryl/α,β-unsaturated/α-hetero) is 1. The highest BCUT2D eigenvalue weighted by molar-refractivity contribution is 5.91. The minimum Gasteiger partial charge on any atom is -0.361 e. The zero-order chi connectivity index (χ0) is 21.8. The number of fused-ring (bicyclic) bond motifs is 1. The highest BCUT2D eigenvalue weighted by Crippen LogP contribution is 2.32. The predicted octanol–water partition coefficient (Wildman–Crippen LogP) is 5.98. The van der Waals surface area contributed by atoms with Crippen molar-refractivity contribution in [2.45, 2.75) is 50.9 Å². The second kappa shape index (κ2) is 9.83. The molecule has 0 radical (unpaired) electrons. The monoisotopic (exact) mass is 427 g/mol. The Hall–Kier alpha value is -2.72. The average Bonchev–Trinajstić information content (AvgIpc) is 3.35. The molecule has 1 aliphatic heterocycles. The third-order valence-electron chi connectivity index (χ3n) is 7.36. The van der Waals surface area contributed by atoms with Crippen molar-refractivity contribution in [1.29, 1.82) is 0 Å². The highest BCUT2D eigenvalue weighted by Gasteiger charge is 2.30. The van der Waals surface area contributed by atoms with Gasteiger partial charge in [0.05, 0.1) is 17.1 Å². The quantitative estimate of drug-likeness (QED) is 0.505. The number of rotatable bonds is 7. The van der Waals surface area contributed by atoms with Gasteiger partial charge < -0.3 is 4.98 Å². The van der Waals surface area contributed by atoms with Gasteiger partial charge in [-0.05, 0) is 61.4 Å². The number of hydrogen-bond donors (Lipinski definition) is 1. The lowest BCUT2D eigenvalue weighted by Crippen LogP contribution is -2.33. The zero-order valence-corrected chi connectivity index (χ0v) is 18.8. The molecule has 4 heteroatoms. The minimum atomic E-state index is -0.0719. The van der Waals surface area contributed by atoms with E-state index in [1.54, 1.807) is 0 Å². The summed E-state index contributed by atoms with van der Waals surface area (Å²) in [6.07, 6.45) is 13.9. The Balaban J connectivity index is 1.26. The van der Waals surface area contributed by atoms with Crippen LogP contribution in [0, 0.1) is 5.92 Å². The molecule has 32 heavy (non-hydrogen) atoms. The molecule has 0 bridgehead atoms. The summed E-state index contributed by atoms with van der Waals surface area (Å²) < 4.78 is 0. The van der Waals surface area contributed by atoms with Crippen molar-refractivity contribution in [3.63, 3.8) is 0 Å². The third-order valence-corrected chi connectivity index (χ3v) is 7.36. The van der Waals surface area contributed by atoms with Gasteiger partial charge in [0.1, 0.15) is 5.78 Å². The van der Waals surface area contributed by atoms with Crippen LogP contribution in [-0.4, -0.2) is 40.3 Å². The van der Waals surface area contributed by atoms with E-state index in [0.29, 0.717) is 5.78 Å². The fourth-order valence-corrected chi connectivity index (χ4v) is 5.51. The van der Waals surface area contributed by atoms with Crippen LogP contribution in [-0.2, 0) is 4.79 Å². The number of para-hydroxylation sites is 1. The number of H-pyrrole nitrogens is 1. The Kier molecular flexibility index (Phi) is 6.49. The molecule has 2 aliphatic rings. The van der Waals surface area contributed by atoms with Crippen LogP contribution >= 0.6 is 0 Å². The first-order chi connectivity index (χ1) is 15.8. The lowest BCUT2D eigenvalue weighted by molar-refractivity contribution is -0.125. The van der Waals surface area contributed by atoms with Crippen LogP contribution in [0.1, 0.15) is 62.1 Å². The fraction of sp³-hybridized carbons (Fsp3) is 0.429. The van der Waals surface area contributed by atoms with Gasteiger partial charge in [0.2, 0.25) is 0 Å². The molecular formula is C28H33N3O. The summed E-state index contributed by atoms with van der Waals surface area (Å²) in [5.74, 6) is 0.581. The van der Waals surface area contributed by atoms with Gasteiger partial charge in [-0.15, -0.1) is 0 Å². The van der Waals surface area contributed by atoms with E-state index in [-0.39, 0.29) is 11.8 Å². The van der Waals surface area contributed by atoms with Gasteiger partial charge in [0, 0.05) is 37.0 Å². The number of pyridine rings is 1. The number of carbonyl (C=O) groups excluding carboxylic acids is 1. The molecule has 1 saturated carbocycles. The van der Waals surface area contributed by atoms with Crippen LogP contribution < -0.4 is 0 Å². The highest BCUT2D eigenvalue weighted by atomic mass is 16.1. The number of benzene rings is 1. The second-order valence-electron chi connectivity index (χ2n) is 9.36. The number of aromatic amines is 1. The number of hydrogen-bond acceptors (Lipinski definition) is 3. The molecule has 1 unspecified atom stereocenters. The largest absolute Gasteiger partial charge is 0.361 e. The molecule has 1 N–H and O–H groups in total. The molecule has 0 saturated heterocycles. The number of carbonyl (C=O) groups is 1. The average molecular weight is 428 g/mol. The van der Waals surface area contributed by atoms with Gasteiger partial charge in [-0.2, -0.15) is 0 Å². The lowest BCUT2D eigenvalue weighted by Gasteiger charge is -2.29. The molecule has 5 rings (SSSR count). The molecule has 1 aliphatic carbocycles. The van der Waals surface area contributed by atoms with E-state index < -0.39 is 0 Å². The van der Waals surface area contributed by atoms with Crippen LogP contribution in [0.25, 0.3) is 16.5 Å². The van der Waals surface area contributed by atoms with Crippen molar-refractivity contribution in [3.05, 3.63) is 72.2 Å². The van der Waals surface area contributed by atoms with Crippen LogP contribution in [0.3, 0.4) is 0 Å². The summed E-state index contributed by atoms with van der Waals surface area (Å²) in [5, 5.41) is 1.27. The van der Waals surface area contributed by atoms with Crippen molar-refractivity contribution in [2.75, 3.05) is 19.6 Å². The molecule has 0 spiro atoms. The fourth-order valence-electron chi connectivity index (χ4n) is 5.51. The number of nitrogens with one attached hydrogen (secondary N) is 1. The van der Waals surface area contributed by atoms with Crippen molar-refractivity contribution in [2.24, 2.45) is 5.92 Å². The first kappa shape index (κ1) is 21.1. The van der Waals surface area contributed by atoms with Gasteiger partial charge in [0.25, 0.3) is 0 Å². The Morgan fingerprint density at radius 3 is 2.78 bits per heavy atom. The summed E-state index contributed by atoms with van der Waals surface area (Å²) in [6.45, 7) is 2.92. The molecule has 1 fully saturated rings. The van der Waals surface area contributed by atoms with Crippen LogP contribution in [0.4, 0.5) is 0 Å². The summed E-state index contributed by atoms with van der Waals surface area (Å²) >= 11 is 0. The van der Waals surface area contributed by atoms with E-state index in [2.05, 4.69) is 45.2 Å². The van der Waals surface area contributed by atoms with Gasteiger partial charge >= 0.3 is 0 Å². The Labute approximate surface area is 190 Å². The van der Waals surface area contributed by atoms with Crippen LogP contribution in [0.2, 0.25) is 0 Å². The van der Waals surface area contributed by atoms with Gasteiger partial charge in [-0.3, -0.25) is 14.7 Å². The van der Waals surface area contributed by atoms with E-state index in [4.69, 9.17) is 0 Å². The third kappa shape index (κ3) is 4.56. The smallest absolute Gasteiger partial charge is 0.145 e. The van der Waals surface area contributed by atoms with Gasteiger partial charge in [-0.1, -0.05) is 49.6 Å². The van der Waals surface area contributed by atoms with Crippen molar-refractivity contribution in [3.8, 4) is 0 Å². The Morgan fingerprint density at radius 1 is 1.09 bits per heavy atom. The molecule has 4 nitrogen and oxygen atoms in total. The first-order valence-corrected chi connectivity index (χ1v) is 12.2. The SMILES string of the molecule is O=C(C1CCCCC1)C(CCN1CC=C(c2cccc3cc[nH]c23)CC1)c1ccccn1. The summed E-state index contributed by atoms with van der Waals surface area (Å²) in [7, 11) is 0. The first-order valence-electron chi connectivity index (χ1n) is 12.2. The van der Waals surface area contributed by atoms with Crippen LogP contribution in [0.5, 0.6) is 0 Å². The van der Waals surface area contributed by atoms with Crippen molar-refractivity contribution in [1.82, 2.24) is 14.9 Å².